The molecule has 1 fully saturated rings. The Hall–Kier alpha value is -2.38. The van der Waals surface area contributed by atoms with E-state index >= 15 is 0 Å². The maximum atomic E-state index is 13.3. The van der Waals surface area contributed by atoms with Crippen molar-refractivity contribution in [1.29, 1.82) is 0 Å². The van der Waals surface area contributed by atoms with Crippen molar-refractivity contribution in [1.82, 2.24) is 9.88 Å². The summed E-state index contributed by atoms with van der Waals surface area (Å²) in [6.07, 6.45) is 1.88. The third-order valence-corrected chi connectivity index (χ3v) is 3.35. The van der Waals surface area contributed by atoms with E-state index in [1.807, 2.05) is 0 Å². The molecule has 126 valence electrons. The van der Waals surface area contributed by atoms with Gasteiger partial charge in [-0.1, -0.05) is 0 Å². The van der Waals surface area contributed by atoms with Crippen LogP contribution in [0.3, 0.4) is 0 Å². The van der Waals surface area contributed by atoms with Gasteiger partial charge in [0, 0.05) is 25.7 Å². The minimum atomic E-state index is -1.13. The lowest BCUT2D eigenvalue weighted by molar-refractivity contribution is -0.143. The van der Waals surface area contributed by atoms with Gasteiger partial charge in [0.05, 0.1) is 18.1 Å². The average molecular weight is 325 g/mol. The summed E-state index contributed by atoms with van der Waals surface area (Å²) in [7, 11) is 0. The number of nitrogens with zero attached hydrogens (tertiary/aromatic N) is 3. The van der Waals surface area contributed by atoms with Crippen molar-refractivity contribution in [2.45, 2.75) is 32.4 Å². The van der Waals surface area contributed by atoms with Gasteiger partial charge in [-0.15, -0.1) is 0 Å². The summed E-state index contributed by atoms with van der Waals surface area (Å²) in [5.74, 6) is -1.63. The number of halogens is 1. The van der Waals surface area contributed by atoms with Gasteiger partial charge < -0.3 is 14.7 Å². The number of anilines is 1. The zero-order valence-electron chi connectivity index (χ0n) is 13.3. The lowest BCUT2D eigenvalue weighted by atomic mass is 10.1. The van der Waals surface area contributed by atoms with Crippen molar-refractivity contribution in [3.63, 3.8) is 0 Å². The molecule has 1 unspecified atom stereocenters. The van der Waals surface area contributed by atoms with Gasteiger partial charge in [-0.3, -0.25) is 9.88 Å². The Bertz CT molecular complexity index is 603. The van der Waals surface area contributed by atoms with Gasteiger partial charge in [-0.05, 0) is 20.8 Å². The van der Waals surface area contributed by atoms with Crippen molar-refractivity contribution >= 4 is 17.7 Å². The second-order valence-corrected chi connectivity index (χ2v) is 6.34. The van der Waals surface area contributed by atoms with Crippen molar-refractivity contribution in [3.8, 4) is 0 Å². The summed E-state index contributed by atoms with van der Waals surface area (Å²) < 4.78 is 18.5. The number of rotatable bonds is 2. The minimum absolute atomic E-state index is 0.0414. The smallest absolute Gasteiger partial charge is 0.411 e. The molecule has 1 aliphatic heterocycles. The molecule has 8 heteroatoms. The van der Waals surface area contributed by atoms with Gasteiger partial charge in [0.1, 0.15) is 17.5 Å². The molecule has 1 N–H and O–H groups in total. The lowest BCUT2D eigenvalue weighted by Gasteiger charge is -2.40. The number of carboxylic acids is 1. The van der Waals surface area contributed by atoms with Crippen LogP contribution in [0.4, 0.5) is 14.9 Å². The molecule has 0 aromatic carbocycles. The summed E-state index contributed by atoms with van der Waals surface area (Å²) in [6, 6.07) is 0.219. The van der Waals surface area contributed by atoms with Crippen LogP contribution in [-0.2, 0) is 9.53 Å². The number of carbonyl (C=O) groups excluding carboxylic acids is 1. The summed E-state index contributed by atoms with van der Waals surface area (Å²) in [5, 5.41) is 9.41. The second kappa shape index (κ2) is 6.39. The molecular weight excluding hydrogens is 305 g/mol. The van der Waals surface area contributed by atoms with Crippen molar-refractivity contribution in [3.05, 3.63) is 24.3 Å². The maximum absolute atomic E-state index is 13.3. The summed E-state index contributed by atoms with van der Waals surface area (Å²) in [6.45, 7) is 5.73. The van der Waals surface area contributed by atoms with Gasteiger partial charge in [-0.2, -0.15) is 0 Å². The maximum Gasteiger partial charge on any atom is 0.411 e. The lowest BCUT2D eigenvalue weighted by Crippen LogP contribution is -2.59. The molecule has 0 saturated carbocycles. The monoisotopic (exact) mass is 325 g/mol. The molecule has 1 aromatic heterocycles. The van der Waals surface area contributed by atoms with Crippen LogP contribution in [0.1, 0.15) is 20.8 Å². The van der Waals surface area contributed by atoms with E-state index in [1.54, 1.807) is 25.7 Å². The SMILES string of the molecule is CC(C)(C)OC(=O)N1CCN(c2cncc(F)c2)CC1C(=O)O. The van der Waals surface area contributed by atoms with Crippen molar-refractivity contribution in [2.75, 3.05) is 24.5 Å². The van der Waals surface area contributed by atoms with Crippen LogP contribution in [0.15, 0.2) is 18.5 Å². The molecule has 7 nitrogen and oxygen atoms in total. The topological polar surface area (TPSA) is 83.0 Å². The van der Waals surface area contributed by atoms with Crippen LogP contribution in [0, 0.1) is 5.82 Å². The highest BCUT2D eigenvalue weighted by atomic mass is 19.1. The summed E-state index contributed by atoms with van der Waals surface area (Å²) >= 11 is 0. The fourth-order valence-electron chi connectivity index (χ4n) is 2.34. The first-order valence-corrected chi connectivity index (χ1v) is 7.25. The van der Waals surface area contributed by atoms with E-state index in [-0.39, 0.29) is 13.1 Å². The van der Waals surface area contributed by atoms with Gasteiger partial charge >= 0.3 is 12.1 Å². The van der Waals surface area contributed by atoms with Crippen LogP contribution in [-0.4, -0.2) is 58.3 Å². The molecule has 23 heavy (non-hydrogen) atoms. The van der Waals surface area contributed by atoms with E-state index < -0.39 is 29.5 Å². The van der Waals surface area contributed by atoms with Crippen LogP contribution in [0.25, 0.3) is 0 Å². The molecule has 0 bridgehead atoms. The number of amides is 1. The standard InChI is InChI=1S/C15H20FN3O4/c1-15(2,3)23-14(22)19-5-4-18(9-12(19)13(20)21)11-6-10(16)7-17-8-11/h6-8,12H,4-5,9H2,1-3H3,(H,20,21). The van der Waals surface area contributed by atoms with E-state index in [0.717, 1.165) is 6.20 Å². The Morgan fingerprint density at radius 3 is 2.61 bits per heavy atom. The van der Waals surface area contributed by atoms with Crippen LogP contribution in [0.5, 0.6) is 0 Å². The molecule has 0 radical (unpaired) electrons. The Morgan fingerprint density at radius 2 is 2.04 bits per heavy atom. The first kappa shape index (κ1) is 17.0. The third kappa shape index (κ3) is 4.30. The largest absolute Gasteiger partial charge is 0.480 e. The first-order valence-electron chi connectivity index (χ1n) is 7.25. The fraction of sp³-hybridized carbons (Fsp3) is 0.533. The molecule has 2 heterocycles. The Balaban J connectivity index is 2.15. The highest BCUT2D eigenvalue weighted by molar-refractivity contribution is 5.81. The number of pyridine rings is 1. The van der Waals surface area contributed by atoms with Crippen LogP contribution in [0.2, 0.25) is 0 Å². The summed E-state index contributed by atoms with van der Waals surface area (Å²) in [4.78, 5) is 30.3. The molecule has 1 saturated heterocycles. The molecule has 1 aromatic rings. The number of aliphatic carboxylic acids is 1. The number of aromatic nitrogens is 1. The number of hydrogen-bond donors (Lipinski definition) is 1. The molecule has 2 rings (SSSR count). The normalized spacial score (nSPS) is 18.7. The van der Waals surface area contributed by atoms with Crippen LogP contribution < -0.4 is 4.90 Å². The van der Waals surface area contributed by atoms with E-state index in [0.29, 0.717) is 12.2 Å². The Kier molecular flexibility index (Phi) is 4.72. The first-order chi connectivity index (χ1) is 10.7. The Morgan fingerprint density at radius 1 is 1.35 bits per heavy atom. The van der Waals surface area contributed by atoms with E-state index in [2.05, 4.69) is 4.98 Å². The molecule has 0 aliphatic carbocycles. The molecule has 1 atom stereocenters. The van der Waals surface area contributed by atoms with Crippen molar-refractivity contribution in [2.24, 2.45) is 0 Å². The number of piperazine rings is 1. The third-order valence-electron chi connectivity index (χ3n) is 3.35. The molecular formula is C15H20FN3O4. The van der Waals surface area contributed by atoms with Crippen LogP contribution >= 0.6 is 0 Å². The van der Waals surface area contributed by atoms with E-state index in [4.69, 9.17) is 4.74 Å². The molecule has 0 spiro atoms. The fourth-order valence-corrected chi connectivity index (χ4v) is 2.34. The molecule has 1 amide bonds. The van der Waals surface area contributed by atoms with Crippen molar-refractivity contribution < 1.29 is 23.8 Å². The second-order valence-electron chi connectivity index (χ2n) is 6.34. The zero-order valence-corrected chi connectivity index (χ0v) is 13.3. The van der Waals surface area contributed by atoms with Gasteiger partial charge in [-0.25, -0.2) is 14.0 Å². The highest BCUT2D eigenvalue weighted by Crippen LogP contribution is 2.21. The molecule has 1 aliphatic rings. The Labute approximate surface area is 133 Å². The van der Waals surface area contributed by atoms with Gasteiger partial charge in [0.15, 0.2) is 0 Å². The quantitative estimate of drug-likeness (QED) is 0.891. The highest BCUT2D eigenvalue weighted by Gasteiger charge is 2.37. The number of ether oxygens (including phenoxy) is 1. The number of carbonyl (C=O) groups is 2. The number of carboxylic acid groups (broad SMARTS) is 1. The minimum Gasteiger partial charge on any atom is -0.480 e. The average Bonchev–Trinajstić information content (AvgIpc) is 2.44. The van der Waals surface area contributed by atoms with Gasteiger partial charge in [0.2, 0.25) is 0 Å². The van der Waals surface area contributed by atoms with E-state index in [9.17, 15) is 19.1 Å². The summed E-state index contributed by atoms with van der Waals surface area (Å²) in [5.41, 5.74) is -0.218. The van der Waals surface area contributed by atoms with E-state index in [1.165, 1.54) is 17.2 Å². The number of hydrogen-bond acceptors (Lipinski definition) is 5. The zero-order chi connectivity index (χ0) is 17.2. The van der Waals surface area contributed by atoms with Gasteiger partial charge in [0.25, 0.3) is 0 Å². The predicted octanol–water partition coefficient (Wildman–Crippen LogP) is 1.73. The predicted molar refractivity (Wildman–Crippen MR) is 80.8 cm³/mol.